The largest absolute Gasteiger partial charge is 0.338 e. The molecule has 0 aromatic carbocycles. The molecule has 1 saturated heterocycles. The van der Waals surface area contributed by atoms with E-state index in [9.17, 15) is 4.79 Å². The smallest absolute Gasteiger partial charge is 0.250 e. The molecule has 0 saturated carbocycles. The predicted molar refractivity (Wildman–Crippen MR) is 85.4 cm³/mol. The first-order valence-electron chi connectivity index (χ1n) is 7.84. The van der Waals surface area contributed by atoms with Crippen LogP contribution in [0.1, 0.15) is 19.5 Å². The second kappa shape index (κ2) is 6.45. The van der Waals surface area contributed by atoms with Crippen molar-refractivity contribution in [1.29, 1.82) is 0 Å². The van der Waals surface area contributed by atoms with Gasteiger partial charge in [0.1, 0.15) is 18.2 Å². The summed E-state index contributed by atoms with van der Waals surface area (Å²) >= 11 is 0. The van der Waals surface area contributed by atoms with E-state index in [1.165, 1.54) is 6.33 Å². The normalized spacial score (nSPS) is 16.5. The molecule has 2 aromatic heterocycles. The molecular formula is C16H22N6O. The van der Waals surface area contributed by atoms with Gasteiger partial charge < -0.3 is 4.90 Å². The van der Waals surface area contributed by atoms with E-state index in [0.717, 1.165) is 38.4 Å². The third kappa shape index (κ3) is 3.39. The van der Waals surface area contributed by atoms with Gasteiger partial charge >= 0.3 is 0 Å². The Morgan fingerprint density at radius 2 is 2.00 bits per heavy atom. The van der Waals surface area contributed by atoms with E-state index in [-0.39, 0.29) is 5.91 Å². The highest BCUT2D eigenvalue weighted by Crippen LogP contribution is 2.18. The third-order valence-corrected chi connectivity index (χ3v) is 4.29. The average Bonchev–Trinajstić information content (AvgIpc) is 3.11. The molecule has 122 valence electrons. The van der Waals surface area contributed by atoms with Crippen molar-refractivity contribution in [3.8, 4) is 0 Å². The lowest BCUT2D eigenvalue weighted by atomic mass is 10.0. The van der Waals surface area contributed by atoms with Gasteiger partial charge in [0.05, 0.1) is 5.69 Å². The Balaban J connectivity index is 1.57. The zero-order valence-corrected chi connectivity index (χ0v) is 13.6. The van der Waals surface area contributed by atoms with E-state index in [1.54, 1.807) is 11.0 Å². The molecule has 2 aromatic rings. The van der Waals surface area contributed by atoms with Crippen molar-refractivity contribution in [1.82, 2.24) is 29.5 Å². The van der Waals surface area contributed by atoms with Crippen molar-refractivity contribution < 1.29 is 4.79 Å². The number of piperazine rings is 1. The Labute approximate surface area is 135 Å². The molecule has 23 heavy (non-hydrogen) atoms. The highest BCUT2D eigenvalue weighted by molar-refractivity contribution is 5.83. The van der Waals surface area contributed by atoms with E-state index >= 15 is 0 Å². The molecule has 7 heteroatoms. The van der Waals surface area contributed by atoms with Gasteiger partial charge in [0.2, 0.25) is 5.91 Å². The van der Waals surface area contributed by atoms with Crippen molar-refractivity contribution in [2.75, 3.05) is 26.2 Å². The monoisotopic (exact) mass is 314 g/mol. The topological polar surface area (TPSA) is 67.2 Å². The van der Waals surface area contributed by atoms with E-state index in [4.69, 9.17) is 0 Å². The average molecular weight is 314 g/mol. The number of amides is 1. The summed E-state index contributed by atoms with van der Waals surface area (Å²) in [6.45, 7) is 7.75. The summed E-state index contributed by atoms with van der Waals surface area (Å²) < 4.78 is 1.62. The second-order valence-corrected chi connectivity index (χ2v) is 6.29. The number of carbonyl (C=O) groups excluding carboxylic acids is 1. The summed E-state index contributed by atoms with van der Waals surface area (Å²) in [5.41, 5.74) is 0.356. The lowest BCUT2D eigenvalue weighted by molar-refractivity contribution is -0.141. The standard InChI is InChI=1S/C16H22N6O/c1-16(2,22-13-17-12-19-22)15(23)21-9-7-20(8-10-21)11-14-5-3-4-6-18-14/h3-6,12-13H,7-11H2,1-2H3. The summed E-state index contributed by atoms with van der Waals surface area (Å²) in [6.07, 6.45) is 4.87. The SMILES string of the molecule is CC(C)(C(=O)N1CCN(Cc2ccccn2)CC1)n1cncn1. The van der Waals surface area contributed by atoms with Gasteiger partial charge in [0.25, 0.3) is 0 Å². The maximum absolute atomic E-state index is 12.8. The van der Waals surface area contributed by atoms with Gasteiger partial charge in [-0.2, -0.15) is 5.10 Å². The maximum Gasteiger partial charge on any atom is 0.250 e. The van der Waals surface area contributed by atoms with Crippen molar-refractivity contribution in [2.24, 2.45) is 0 Å². The lowest BCUT2D eigenvalue weighted by Gasteiger charge is -2.38. The van der Waals surface area contributed by atoms with Gasteiger partial charge in [-0.3, -0.25) is 14.7 Å². The molecule has 1 aliphatic rings. The lowest BCUT2D eigenvalue weighted by Crippen LogP contribution is -2.54. The fraction of sp³-hybridized carbons (Fsp3) is 0.500. The minimum atomic E-state index is -0.709. The van der Waals surface area contributed by atoms with Crippen LogP contribution in [0.2, 0.25) is 0 Å². The highest BCUT2D eigenvalue weighted by atomic mass is 16.2. The third-order valence-electron chi connectivity index (χ3n) is 4.29. The first-order chi connectivity index (χ1) is 11.1. The molecule has 3 rings (SSSR count). The molecule has 1 amide bonds. The molecule has 0 bridgehead atoms. The molecule has 0 spiro atoms. The fourth-order valence-corrected chi connectivity index (χ4v) is 2.81. The molecule has 7 nitrogen and oxygen atoms in total. The van der Waals surface area contributed by atoms with Crippen molar-refractivity contribution in [2.45, 2.75) is 25.9 Å². The first-order valence-corrected chi connectivity index (χ1v) is 7.84. The van der Waals surface area contributed by atoms with Gasteiger partial charge in [-0.25, -0.2) is 9.67 Å². The van der Waals surface area contributed by atoms with Crippen LogP contribution in [-0.2, 0) is 16.9 Å². The minimum Gasteiger partial charge on any atom is -0.338 e. The van der Waals surface area contributed by atoms with E-state index in [2.05, 4.69) is 20.0 Å². The molecule has 0 aliphatic carbocycles. The fourth-order valence-electron chi connectivity index (χ4n) is 2.81. The van der Waals surface area contributed by atoms with Crippen LogP contribution >= 0.6 is 0 Å². The molecule has 0 radical (unpaired) electrons. The van der Waals surface area contributed by atoms with Crippen LogP contribution in [0.25, 0.3) is 0 Å². The Kier molecular flexibility index (Phi) is 4.38. The summed E-state index contributed by atoms with van der Waals surface area (Å²) in [7, 11) is 0. The van der Waals surface area contributed by atoms with Gasteiger partial charge in [-0.05, 0) is 26.0 Å². The number of carbonyl (C=O) groups is 1. The van der Waals surface area contributed by atoms with E-state index < -0.39 is 5.54 Å². The summed E-state index contributed by atoms with van der Waals surface area (Å²) in [5, 5.41) is 4.11. The Morgan fingerprint density at radius 3 is 2.61 bits per heavy atom. The van der Waals surface area contributed by atoms with Gasteiger partial charge in [0.15, 0.2) is 0 Å². The summed E-state index contributed by atoms with van der Waals surface area (Å²) in [6, 6.07) is 5.96. The van der Waals surface area contributed by atoms with Crippen molar-refractivity contribution >= 4 is 5.91 Å². The Bertz CT molecular complexity index is 632. The van der Waals surface area contributed by atoms with Crippen LogP contribution in [0, 0.1) is 0 Å². The maximum atomic E-state index is 12.8. The first kappa shape index (κ1) is 15.6. The highest BCUT2D eigenvalue weighted by Gasteiger charge is 2.35. The minimum absolute atomic E-state index is 0.0838. The molecule has 1 aliphatic heterocycles. The van der Waals surface area contributed by atoms with Crippen molar-refractivity contribution in [3.63, 3.8) is 0 Å². The van der Waals surface area contributed by atoms with E-state index in [0.29, 0.717) is 0 Å². The van der Waals surface area contributed by atoms with Gasteiger partial charge in [0, 0.05) is 38.9 Å². The number of aromatic nitrogens is 4. The van der Waals surface area contributed by atoms with Crippen LogP contribution in [0.3, 0.4) is 0 Å². The number of hydrogen-bond donors (Lipinski definition) is 0. The van der Waals surface area contributed by atoms with Crippen LogP contribution in [-0.4, -0.2) is 61.6 Å². The molecule has 0 atom stereocenters. The molecule has 0 unspecified atom stereocenters. The summed E-state index contributed by atoms with van der Waals surface area (Å²) in [5.74, 6) is 0.0838. The van der Waals surface area contributed by atoms with Crippen LogP contribution in [0.15, 0.2) is 37.1 Å². The molecule has 1 fully saturated rings. The molecular weight excluding hydrogens is 292 g/mol. The van der Waals surface area contributed by atoms with Crippen LogP contribution in [0.5, 0.6) is 0 Å². The Hall–Kier alpha value is -2.28. The second-order valence-electron chi connectivity index (χ2n) is 6.29. The van der Waals surface area contributed by atoms with Gasteiger partial charge in [-0.1, -0.05) is 6.07 Å². The van der Waals surface area contributed by atoms with Crippen molar-refractivity contribution in [3.05, 3.63) is 42.7 Å². The zero-order chi connectivity index (χ0) is 16.3. The van der Waals surface area contributed by atoms with Gasteiger partial charge in [-0.15, -0.1) is 0 Å². The summed E-state index contributed by atoms with van der Waals surface area (Å²) in [4.78, 5) is 25.3. The zero-order valence-electron chi connectivity index (χ0n) is 13.6. The number of pyridine rings is 1. The quantitative estimate of drug-likeness (QED) is 0.833. The predicted octanol–water partition coefficient (Wildman–Crippen LogP) is 0.753. The number of hydrogen-bond acceptors (Lipinski definition) is 5. The Morgan fingerprint density at radius 1 is 1.22 bits per heavy atom. The van der Waals surface area contributed by atoms with Crippen LogP contribution < -0.4 is 0 Å². The molecule has 0 N–H and O–H groups in total. The van der Waals surface area contributed by atoms with E-state index in [1.807, 2.05) is 43.1 Å². The van der Waals surface area contributed by atoms with Crippen LogP contribution in [0.4, 0.5) is 0 Å². The number of nitrogens with zero attached hydrogens (tertiary/aromatic N) is 6. The molecule has 3 heterocycles. The number of rotatable bonds is 4.